The molecule has 1 atom stereocenters. The molecule has 1 fully saturated rings. The number of amides is 1. The number of carbonyl (C=O) groups is 1. The highest BCUT2D eigenvalue weighted by Crippen LogP contribution is 2.28. The average Bonchev–Trinajstić information content (AvgIpc) is 3.17. The van der Waals surface area contributed by atoms with Gasteiger partial charge in [0.2, 0.25) is 5.91 Å². The van der Waals surface area contributed by atoms with Crippen molar-refractivity contribution in [3.05, 3.63) is 60.2 Å². The van der Waals surface area contributed by atoms with Crippen molar-refractivity contribution in [3.8, 4) is 0 Å². The Bertz CT molecular complexity index is 888. The number of rotatable bonds is 6. The van der Waals surface area contributed by atoms with Gasteiger partial charge in [0.25, 0.3) is 0 Å². The van der Waals surface area contributed by atoms with Gasteiger partial charge in [-0.05, 0) is 30.7 Å². The van der Waals surface area contributed by atoms with Crippen LogP contribution in [0.2, 0.25) is 0 Å². The predicted octanol–water partition coefficient (Wildman–Crippen LogP) is 3.10. The lowest BCUT2D eigenvalue weighted by Gasteiger charge is -2.34. The Balaban J connectivity index is 1.24. The normalized spacial score (nSPS) is 16.4. The summed E-state index contributed by atoms with van der Waals surface area (Å²) in [6.45, 7) is 6.39. The van der Waals surface area contributed by atoms with Crippen LogP contribution in [0, 0.1) is 0 Å². The van der Waals surface area contributed by atoms with E-state index in [1.165, 1.54) is 5.56 Å². The summed E-state index contributed by atoms with van der Waals surface area (Å²) in [5, 5.41) is 0.156. The number of carbonyl (C=O) groups excluding carboxylic acids is 1. The van der Waals surface area contributed by atoms with Crippen molar-refractivity contribution < 1.29 is 4.79 Å². The molecule has 4 rings (SSSR count). The summed E-state index contributed by atoms with van der Waals surface area (Å²) in [6.07, 6.45) is 3.71. The first kappa shape index (κ1) is 19.0. The van der Waals surface area contributed by atoms with E-state index >= 15 is 0 Å². The second-order valence-electron chi connectivity index (χ2n) is 7.11. The lowest BCUT2D eigenvalue weighted by atomic mass is 10.2. The zero-order valence-electron chi connectivity index (χ0n) is 16.0. The molecule has 0 aliphatic carbocycles. The molecular weight excluding hydrogens is 370 g/mol. The van der Waals surface area contributed by atoms with Gasteiger partial charge in [-0.3, -0.25) is 14.7 Å². The number of para-hydroxylation sites is 2. The summed E-state index contributed by atoms with van der Waals surface area (Å²) in [5.41, 5.74) is 3.24. The number of benzene rings is 1. The van der Waals surface area contributed by atoms with Crippen molar-refractivity contribution in [2.75, 3.05) is 31.9 Å². The largest absolute Gasteiger partial charge is 0.341 e. The average molecular weight is 396 g/mol. The predicted molar refractivity (Wildman–Crippen MR) is 113 cm³/mol. The molecule has 1 unspecified atom stereocenters. The molecule has 28 heavy (non-hydrogen) atoms. The van der Waals surface area contributed by atoms with Crippen LogP contribution in [-0.2, 0) is 11.3 Å². The standard InChI is InChI=1S/C21H25N5OS/c1-16(21-23-18-6-2-3-7-19(18)24-21)28-15-20(27)26-11-9-25(10-12-26)14-17-5-4-8-22-13-17/h2-8,13,16H,9-12,14-15H2,1H3,(H,23,24). The molecular formula is C21H25N5OS. The fraction of sp³-hybridized carbons (Fsp3) is 0.381. The molecule has 146 valence electrons. The monoisotopic (exact) mass is 395 g/mol. The SMILES string of the molecule is CC(SCC(=O)N1CCN(Cc2cccnc2)CC1)c1nc2ccccc2[nH]1. The summed E-state index contributed by atoms with van der Waals surface area (Å²) < 4.78 is 0. The summed E-state index contributed by atoms with van der Waals surface area (Å²) in [7, 11) is 0. The quantitative estimate of drug-likeness (QED) is 0.695. The van der Waals surface area contributed by atoms with Crippen LogP contribution in [0.1, 0.15) is 23.6 Å². The highest BCUT2D eigenvalue weighted by molar-refractivity contribution is 8.00. The van der Waals surface area contributed by atoms with Crippen molar-refractivity contribution in [1.82, 2.24) is 24.8 Å². The van der Waals surface area contributed by atoms with E-state index in [2.05, 4.69) is 32.8 Å². The van der Waals surface area contributed by atoms with Gasteiger partial charge in [-0.15, -0.1) is 11.8 Å². The van der Waals surface area contributed by atoms with E-state index < -0.39 is 0 Å². The van der Waals surface area contributed by atoms with Crippen LogP contribution >= 0.6 is 11.8 Å². The van der Waals surface area contributed by atoms with Crippen LogP contribution < -0.4 is 0 Å². The van der Waals surface area contributed by atoms with Gasteiger partial charge < -0.3 is 9.88 Å². The number of nitrogens with zero attached hydrogens (tertiary/aromatic N) is 4. The van der Waals surface area contributed by atoms with Gasteiger partial charge in [-0.25, -0.2) is 4.98 Å². The maximum absolute atomic E-state index is 12.6. The van der Waals surface area contributed by atoms with Crippen molar-refractivity contribution in [2.24, 2.45) is 0 Å². The molecule has 2 aromatic heterocycles. The van der Waals surface area contributed by atoms with E-state index in [9.17, 15) is 4.79 Å². The molecule has 0 radical (unpaired) electrons. The highest BCUT2D eigenvalue weighted by Gasteiger charge is 2.22. The van der Waals surface area contributed by atoms with Crippen LogP contribution in [0.15, 0.2) is 48.8 Å². The van der Waals surface area contributed by atoms with Crippen LogP contribution in [0.25, 0.3) is 11.0 Å². The Morgan fingerprint density at radius 3 is 2.75 bits per heavy atom. The zero-order valence-corrected chi connectivity index (χ0v) is 16.9. The third-order valence-electron chi connectivity index (χ3n) is 5.10. The Kier molecular flexibility index (Phi) is 5.92. The fourth-order valence-electron chi connectivity index (χ4n) is 3.44. The molecule has 7 heteroatoms. The van der Waals surface area contributed by atoms with Crippen LogP contribution in [-0.4, -0.2) is 62.6 Å². The fourth-order valence-corrected chi connectivity index (χ4v) is 4.28. The first-order valence-electron chi connectivity index (χ1n) is 9.64. The second-order valence-corrected chi connectivity index (χ2v) is 8.44. The van der Waals surface area contributed by atoms with Gasteiger partial charge in [0.05, 0.1) is 22.0 Å². The molecule has 0 bridgehead atoms. The molecule has 3 aromatic rings. The van der Waals surface area contributed by atoms with Gasteiger partial charge in [-0.1, -0.05) is 18.2 Å². The first-order valence-corrected chi connectivity index (χ1v) is 10.7. The maximum Gasteiger partial charge on any atom is 0.232 e. The number of H-pyrrole nitrogens is 1. The van der Waals surface area contributed by atoms with Crippen molar-refractivity contribution in [2.45, 2.75) is 18.7 Å². The number of hydrogen-bond donors (Lipinski definition) is 1. The topological polar surface area (TPSA) is 65.1 Å². The summed E-state index contributed by atoms with van der Waals surface area (Å²) in [4.78, 5) is 29.2. The number of nitrogens with one attached hydrogen (secondary N) is 1. The lowest BCUT2D eigenvalue weighted by molar-refractivity contribution is -0.130. The van der Waals surface area contributed by atoms with Gasteiger partial charge in [-0.2, -0.15) is 0 Å². The van der Waals surface area contributed by atoms with Crippen LogP contribution in [0.3, 0.4) is 0 Å². The third-order valence-corrected chi connectivity index (χ3v) is 6.24. The number of pyridine rings is 1. The van der Waals surface area contributed by atoms with Gasteiger partial charge >= 0.3 is 0 Å². The zero-order chi connectivity index (χ0) is 19.3. The molecule has 1 N–H and O–H groups in total. The third kappa shape index (κ3) is 4.54. The first-order chi connectivity index (χ1) is 13.7. The molecule has 1 aliphatic heterocycles. The number of hydrogen-bond acceptors (Lipinski definition) is 5. The number of imidazole rings is 1. The van der Waals surface area contributed by atoms with Crippen molar-refractivity contribution in [1.29, 1.82) is 0 Å². The number of aromatic nitrogens is 3. The molecule has 3 heterocycles. The minimum Gasteiger partial charge on any atom is -0.341 e. The molecule has 0 spiro atoms. The smallest absolute Gasteiger partial charge is 0.232 e. The summed E-state index contributed by atoms with van der Waals surface area (Å²) >= 11 is 1.64. The maximum atomic E-state index is 12.6. The Labute approximate surface area is 169 Å². The number of piperazine rings is 1. The molecule has 0 saturated carbocycles. The molecule has 6 nitrogen and oxygen atoms in total. The molecule has 1 aliphatic rings. The second kappa shape index (κ2) is 8.75. The van der Waals surface area contributed by atoms with E-state index in [-0.39, 0.29) is 11.2 Å². The van der Waals surface area contributed by atoms with E-state index in [4.69, 9.17) is 0 Å². The van der Waals surface area contributed by atoms with Crippen molar-refractivity contribution >= 4 is 28.7 Å². The van der Waals surface area contributed by atoms with E-state index in [0.717, 1.165) is 49.6 Å². The van der Waals surface area contributed by atoms with Crippen molar-refractivity contribution in [3.63, 3.8) is 0 Å². The minimum atomic E-state index is 0.156. The summed E-state index contributed by atoms with van der Waals surface area (Å²) in [6, 6.07) is 12.1. The van der Waals surface area contributed by atoms with Gasteiger partial charge in [0, 0.05) is 45.1 Å². The number of thioether (sulfide) groups is 1. The Hall–Kier alpha value is -2.38. The van der Waals surface area contributed by atoms with E-state index in [1.807, 2.05) is 41.4 Å². The minimum absolute atomic E-state index is 0.156. The van der Waals surface area contributed by atoms with Gasteiger partial charge in [0.1, 0.15) is 5.82 Å². The molecule has 1 amide bonds. The molecule has 1 saturated heterocycles. The van der Waals surface area contributed by atoms with E-state index in [1.54, 1.807) is 18.0 Å². The molecule has 1 aromatic carbocycles. The van der Waals surface area contributed by atoms with Crippen LogP contribution in [0.4, 0.5) is 0 Å². The summed E-state index contributed by atoms with van der Waals surface area (Å²) in [5.74, 6) is 1.63. The lowest BCUT2D eigenvalue weighted by Crippen LogP contribution is -2.48. The van der Waals surface area contributed by atoms with Crippen LogP contribution in [0.5, 0.6) is 0 Å². The Morgan fingerprint density at radius 1 is 1.18 bits per heavy atom. The Morgan fingerprint density at radius 2 is 2.00 bits per heavy atom. The van der Waals surface area contributed by atoms with E-state index in [0.29, 0.717) is 5.75 Å². The van der Waals surface area contributed by atoms with Gasteiger partial charge in [0.15, 0.2) is 0 Å². The number of fused-ring (bicyclic) bond motifs is 1. The highest BCUT2D eigenvalue weighted by atomic mass is 32.2. The number of aromatic amines is 1.